The Bertz CT molecular complexity index is 622. The molecule has 2 aromatic rings. The Morgan fingerprint density at radius 2 is 2.11 bits per heavy atom. The lowest BCUT2D eigenvalue weighted by Crippen LogP contribution is -2.05. The molecule has 19 heavy (non-hydrogen) atoms. The highest BCUT2D eigenvalue weighted by Gasteiger charge is 2.22. The summed E-state index contributed by atoms with van der Waals surface area (Å²) in [5.74, 6) is 1.58. The lowest BCUT2D eigenvalue weighted by molar-refractivity contribution is 0.406. The van der Waals surface area contributed by atoms with Crippen LogP contribution in [-0.4, -0.2) is 12.3 Å². The number of nitrogen functional groups attached to an aromatic ring is 1. The highest BCUT2D eigenvalue weighted by Crippen LogP contribution is 2.42. The molecule has 0 saturated heterocycles. The summed E-state index contributed by atoms with van der Waals surface area (Å²) in [7, 11) is 1.61. The van der Waals surface area contributed by atoms with Gasteiger partial charge in [-0.25, -0.2) is 0 Å². The van der Waals surface area contributed by atoms with Crippen molar-refractivity contribution >= 4 is 17.4 Å². The van der Waals surface area contributed by atoms with Gasteiger partial charge < -0.3 is 15.0 Å². The van der Waals surface area contributed by atoms with Crippen LogP contribution in [0.5, 0.6) is 5.75 Å². The molecule has 0 spiro atoms. The summed E-state index contributed by atoms with van der Waals surface area (Å²) < 4.78 is 10.7. The van der Waals surface area contributed by atoms with E-state index in [4.69, 9.17) is 26.6 Å². The van der Waals surface area contributed by atoms with Crippen LogP contribution in [0, 0.1) is 0 Å². The molecule has 1 aliphatic rings. The molecule has 0 amide bonds. The number of benzene rings is 1. The summed E-state index contributed by atoms with van der Waals surface area (Å²) in [6.45, 7) is 0. The Labute approximate surface area is 116 Å². The number of anilines is 1. The number of hydrogen-bond acceptors (Lipinski definition) is 4. The van der Waals surface area contributed by atoms with Gasteiger partial charge in [-0.1, -0.05) is 16.8 Å². The van der Waals surface area contributed by atoms with Crippen molar-refractivity contribution in [1.82, 2.24) is 5.16 Å². The minimum absolute atomic E-state index is 0.353. The summed E-state index contributed by atoms with van der Waals surface area (Å²) in [5.41, 5.74) is 8.88. The molecular formula is C14H15ClN2O2. The molecular weight excluding hydrogens is 264 g/mol. The van der Waals surface area contributed by atoms with Crippen LogP contribution < -0.4 is 10.5 Å². The normalized spacial score (nSPS) is 14.2. The van der Waals surface area contributed by atoms with Crippen LogP contribution in [0.25, 0.3) is 11.3 Å². The van der Waals surface area contributed by atoms with Gasteiger partial charge in [0.2, 0.25) is 0 Å². The average molecular weight is 279 g/mol. The molecule has 1 aromatic heterocycles. The Balaban J connectivity index is 2.21. The summed E-state index contributed by atoms with van der Waals surface area (Å²) >= 11 is 6.47. The van der Waals surface area contributed by atoms with E-state index in [1.54, 1.807) is 13.2 Å². The molecule has 2 N–H and O–H groups in total. The van der Waals surface area contributed by atoms with E-state index in [2.05, 4.69) is 11.2 Å². The molecule has 1 aliphatic carbocycles. The Hall–Kier alpha value is -1.68. The number of fused-ring (bicyclic) bond motifs is 1. The quantitative estimate of drug-likeness (QED) is 0.914. The van der Waals surface area contributed by atoms with Crippen molar-refractivity contribution in [1.29, 1.82) is 0 Å². The van der Waals surface area contributed by atoms with Gasteiger partial charge in [-0.3, -0.25) is 0 Å². The van der Waals surface area contributed by atoms with Gasteiger partial charge in [0.1, 0.15) is 5.75 Å². The summed E-state index contributed by atoms with van der Waals surface area (Å²) in [4.78, 5) is 0. The van der Waals surface area contributed by atoms with Crippen molar-refractivity contribution in [3.63, 3.8) is 0 Å². The number of aromatic nitrogens is 1. The lowest BCUT2D eigenvalue weighted by atomic mass is 9.89. The zero-order valence-corrected chi connectivity index (χ0v) is 11.5. The molecule has 1 heterocycles. The zero-order valence-electron chi connectivity index (χ0n) is 10.7. The number of nitrogens with two attached hydrogens (primary N) is 1. The monoisotopic (exact) mass is 278 g/mol. The number of ether oxygens (including phenoxy) is 1. The zero-order chi connectivity index (χ0) is 13.4. The molecule has 0 atom stereocenters. The van der Waals surface area contributed by atoms with Gasteiger partial charge >= 0.3 is 0 Å². The smallest absolute Gasteiger partial charge is 0.172 e. The molecule has 0 saturated carbocycles. The van der Waals surface area contributed by atoms with E-state index in [-0.39, 0.29) is 0 Å². The molecule has 0 radical (unpaired) electrons. The molecule has 1 aromatic carbocycles. The van der Waals surface area contributed by atoms with Gasteiger partial charge in [0.05, 0.1) is 17.7 Å². The van der Waals surface area contributed by atoms with Crippen molar-refractivity contribution in [3.8, 4) is 17.1 Å². The summed E-state index contributed by atoms with van der Waals surface area (Å²) in [6, 6.07) is 3.77. The van der Waals surface area contributed by atoms with Crippen LogP contribution >= 0.6 is 11.6 Å². The summed E-state index contributed by atoms with van der Waals surface area (Å²) in [5, 5.41) is 4.40. The minimum atomic E-state index is 0.353. The molecule has 5 heteroatoms. The summed E-state index contributed by atoms with van der Waals surface area (Å²) in [6.07, 6.45) is 4.40. The third-order valence-corrected chi connectivity index (χ3v) is 3.94. The predicted octanol–water partition coefficient (Wildman–Crippen LogP) is 3.46. The van der Waals surface area contributed by atoms with E-state index >= 15 is 0 Å². The first-order valence-corrected chi connectivity index (χ1v) is 6.69. The largest absolute Gasteiger partial charge is 0.494 e. The highest BCUT2D eigenvalue weighted by atomic mass is 35.5. The molecule has 0 unspecified atom stereocenters. The maximum atomic E-state index is 6.47. The number of rotatable bonds is 2. The second kappa shape index (κ2) is 4.78. The highest BCUT2D eigenvalue weighted by molar-refractivity contribution is 6.33. The number of hydrogen-bond donors (Lipinski definition) is 1. The topological polar surface area (TPSA) is 61.3 Å². The van der Waals surface area contributed by atoms with Crippen LogP contribution in [0.15, 0.2) is 16.7 Å². The second-order valence-electron chi connectivity index (χ2n) is 4.73. The molecule has 100 valence electrons. The number of methoxy groups -OCH3 is 1. The fourth-order valence-electron chi connectivity index (χ4n) is 2.63. The fourth-order valence-corrected chi connectivity index (χ4v) is 3.03. The maximum Gasteiger partial charge on any atom is 0.172 e. The van der Waals surface area contributed by atoms with Crippen LogP contribution in [-0.2, 0) is 12.8 Å². The minimum Gasteiger partial charge on any atom is -0.494 e. The third kappa shape index (κ3) is 2.06. The second-order valence-corrected chi connectivity index (χ2v) is 5.11. The van der Waals surface area contributed by atoms with E-state index in [1.165, 1.54) is 24.0 Å². The Morgan fingerprint density at radius 3 is 2.79 bits per heavy atom. The van der Waals surface area contributed by atoms with Gasteiger partial charge in [-0.15, -0.1) is 0 Å². The van der Waals surface area contributed by atoms with Crippen molar-refractivity contribution in [3.05, 3.63) is 28.3 Å². The molecule has 4 nitrogen and oxygen atoms in total. The van der Waals surface area contributed by atoms with Gasteiger partial charge in [-0.2, -0.15) is 0 Å². The van der Waals surface area contributed by atoms with Crippen LogP contribution in [0.3, 0.4) is 0 Å². The SMILES string of the molecule is COc1c(-c2cc(N)no2)cc2c(c1Cl)CCCC2. The van der Waals surface area contributed by atoms with Crippen molar-refractivity contribution in [2.24, 2.45) is 0 Å². The van der Waals surface area contributed by atoms with E-state index in [9.17, 15) is 0 Å². The first-order chi connectivity index (χ1) is 9.20. The fraction of sp³-hybridized carbons (Fsp3) is 0.357. The Morgan fingerprint density at radius 1 is 1.32 bits per heavy atom. The first kappa shape index (κ1) is 12.4. The molecule has 0 bridgehead atoms. The molecule has 3 rings (SSSR count). The van der Waals surface area contributed by atoms with Crippen LogP contribution in [0.4, 0.5) is 5.82 Å². The van der Waals surface area contributed by atoms with E-state index in [0.29, 0.717) is 22.4 Å². The number of halogens is 1. The maximum absolute atomic E-state index is 6.47. The third-order valence-electron chi connectivity index (χ3n) is 3.54. The molecule has 0 fully saturated rings. The standard InChI is InChI=1S/C14H15ClN2O2/c1-18-14-10(11-7-12(16)17-19-11)6-8-4-2-3-5-9(8)13(14)15/h6-7H,2-5H2,1H3,(H2,16,17). The van der Waals surface area contributed by atoms with E-state index < -0.39 is 0 Å². The van der Waals surface area contributed by atoms with Crippen molar-refractivity contribution in [2.75, 3.05) is 12.8 Å². The van der Waals surface area contributed by atoms with Crippen LogP contribution in [0.2, 0.25) is 5.02 Å². The predicted molar refractivity (Wildman–Crippen MR) is 74.6 cm³/mol. The van der Waals surface area contributed by atoms with Crippen LogP contribution in [0.1, 0.15) is 24.0 Å². The van der Waals surface area contributed by atoms with Crippen molar-refractivity contribution < 1.29 is 9.26 Å². The van der Waals surface area contributed by atoms with Gasteiger partial charge in [-0.05, 0) is 42.9 Å². The van der Waals surface area contributed by atoms with E-state index in [0.717, 1.165) is 18.4 Å². The number of aryl methyl sites for hydroxylation is 1. The molecule has 0 aliphatic heterocycles. The van der Waals surface area contributed by atoms with Gasteiger partial charge in [0.15, 0.2) is 11.6 Å². The van der Waals surface area contributed by atoms with Gasteiger partial charge in [0, 0.05) is 6.07 Å². The Kier molecular flexibility index (Phi) is 3.11. The number of nitrogens with zero attached hydrogens (tertiary/aromatic N) is 1. The van der Waals surface area contributed by atoms with Crippen molar-refractivity contribution in [2.45, 2.75) is 25.7 Å². The average Bonchev–Trinajstić information content (AvgIpc) is 2.85. The lowest BCUT2D eigenvalue weighted by Gasteiger charge is -2.20. The van der Waals surface area contributed by atoms with E-state index in [1.807, 2.05) is 0 Å². The first-order valence-electron chi connectivity index (χ1n) is 6.31. The van der Waals surface area contributed by atoms with Gasteiger partial charge in [0.25, 0.3) is 0 Å².